The Morgan fingerprint density at radius 3 is 2.80 bits per heavy atom. The molecule has 3 rings (SSSR count). The number of amides is 1. The first kappa shape index (κ1) is 13.6. The second-order valence-corrected chi connectivity index (χ2v) is 6.65. The second-order valence-electron chi connectivity index (χ2n) is 6.65. The maximum Gasteiger partial charge on any atom is 0.229 e. The van der Waals surface area contributed by atoms with E-state index in [0.717, 1.165) is 25.2 Å². The van der Waals surface area contributed by atoms with Crippen LogP contribution in [0.3, 0.4) is 0 Å². The molecule has 0 aromatic heterocycles. The van der Waals surface area contributed by atoms with Gasteiger partial charge < -0.3 is 9.80 Å². The Balaban J connectivity index is 2.06. The fourth-order valence-corrected chi connectivity index (χ4v) is 3.65. The molecule has 0 saturated carbocycles. The SMILES string of the molecule is Cc1ccc2c(c1)C1CN(C)CCC1N2C(=O)C(C)C. The molecule has 0 N–H and O–H groups in total. The van der Waals surface area contributed by atoms with Crippen molar-refractivity contribution < 1.29 is 4.79 Å². The van der Waals surface area contributed by atoms with Gasteiger partial charge in [0.25, 0.3) is 0 Å². The van der Waals surface area contributed by atoms with Crippen LogP contribution in [0, 0.1) is 12.8 Å². The maximum atomic E-state index is 12.6. The molecule has 3 heteroatoms. The van der Waals surface area contributed by atoms with Gasteiger partial charge in [0.1, 0.15) is 0 Å². The molecular weight excluding hydrogens is 248 g/mol. The van der Waals surface area contributed by atoms with Crippen LogP contribution in [0.25, 0.3) is 0 Å². The fourth-order valence-electron chi connectivity index (χ4n) is 3.65. The topological polar surface area (TPSA) is 23.6 Å². The lowest BCUT2D eigenvalue weighted by Crippen LogP contribution is -2.48. The fraction of sp³-hybridized carbons (Fsp3) is 0.588. The molecule has 0 radical (unpaired) electrons. The van der Waals surface area contributed by atoms with E-state index in [1.165, 1.54) is 11.1 Å². The number of likely N-dealkylation sites (tertiary alicyclic amines) is 1. The first-order chi connectivity index (χ1) is 9.49. The average Bonchev–Trinajstić information content (AvgIpc) is 2.71. The Labute approximate surface area is 121 Å². The van der Waals surface area contributed by atoms with Gasteiger partial charge in [-0.15, -0.1) is 0 Å². The highest BCUT2D eigenvalue weighted by Crippen LogP contribution is 2.45. The third kappa shape index (κ3) is 2.05. The van der Waals surface area contributed by atoms with Crippen molar-refractivity contribution in [1.29, 1.82) is 0 Å². The van der Waals surface area contributed by atoms with E-state index in [9.17, 15) is 4.79 Å². The number of aryl methyl sites for hydroxylation is 1. The van der Waals surface area contributed by atoms with Crippen LogP contribution in [0.5, 0.6) is 0 Å². The van der Waals surface area contributed by atoms with Crippen molar-refractivity contribution in [2.45, 2.75) is 39.2 Å². The number of hydrogen-bond acceptors (Lipinski definition) is 2. The Morgan fingerprint density at radius 2 is 2.10 bits per heavy atom. The van der Waals surface area contributed by atoms with Crippen LogP contribution < -0.4 is 4.90 Å². The van der Waals surface area contributed by atoms with E-state index in [4.69, 9.17) is 0 Å². The van der Waals surface area contributed by atoms with Crippen molar-refractivity contribution in [3.8, 4) is 0 Å². The van der Waals surface area contributed by atoms with Crippen LogP contribution >= 0.6 is 0 Å². The lowest BCUT2D eigenvalue weighted by Gasteiger charge is -2.37. The van der Waals surface area contributed by atoms with Gasteiger partial charge in [-0.3, -0.25) is 4.79 Å². The number of fused-ring (bicyclic) bond motifs is 3. The van der Waals surface area contributed by atoms with Crippen LogP contribution in [0.2, 0.25) is 0 Å². The van der Waals surface area contributed by atoms with Crippen molar-refractivity contribution in [3.05, 3.63) is 29.3 Å². The summed E-state index contributed by atoms with van der Waals surface area (Å²) in [4.78, 5) is 17.1. The molecule has 3 nitrogen and oxygen atoms in total. The molecule has 2 heterocycles. The largest absolute Gasteiger partial charge is 0.308 e. The summed E-state index contributed by atoms with van der Waals surface area (Å²) >= 11 is 0. The predicted molar refractivity (Wildman–Crippen MR) is 82.1 cm³/mol. The number of likely N-dealkylation sites (N-methyl/N-ethyl adjacent to an activating group) is 1. The zero-order chi connectivity index (χ0) is 14.4. The molecule has 2 unspecified atom stereocenters. The summed E-state index contributed by atoms with van der Waals surface area (Å²) in [6.07, 6.45) is 1.08. The first-order valence-electron chi connectivity index (χ1n) is 7.61. The van der Waals surface area contributed by atoms with Gasteiger partial charge in [0.2, 0.25) is 5.91 Å². The zero-order valence-electron chi connectivity index (χ0n) is 12.9. The molecule has 2 aliphatic heterocycles. The summed E-state index contributed by atoms with van der Waals surface area (Å²) in [5, 5.41) is 0. The molecule has 20 heavy (non-hydrogen) atoms. The van der Waals surface area contributed by atoms with Crippen molar-refractivity contribution in [2.75, 3.05) is 25.0 Å². The van der Waals surface area contributed by atoms with Gasteiger partial charge in [0.15, 0.2) is 0 Å². The summed E-state index contributed by atoms with van der Waals surface area (Å²) in [6, 6.07) is 6.90. The Morgan fingerprint density at radius 1 is 1.35 bits per heavy atom. The highest BCUT2D eigenvalue weighted by molar-refractivity contribution is 5.98. The molecular formula is C17H24N2O. The van der Waals surface area contributed by atoms with E-state index in [1.54, 1.807) is 0 Å². The van der Waals surface area contributed by atoms with Gasteiger partial charge in [-0.25, -0.2) is 0 Å². The number of piperidine rings is 1. The second kappa shape index (κ2) is 4.88. The minimum absolute atomic E-state index is 0.0579. The molecule has 1 fully saturated rings. The molecule has 0 bridgehead atoms. The van der Waals surface area contributed by atoms with Crippen LogP contribution in [0.4, 0.5) is 5.69 Å². The number of carbonyl (C=O) groups excluding carboxylic acids is 1. The third-order valence-electron chi connectivity index (χ3n) is 4.68. The Bertz CT molecular complexity index is 538. The number of anilines is 1. The third-order valence-corrected chi connectivity index (χ3v) is 4.68. The Kier molecular flexibility index (Phi) is 3.33. The van der Waals surface area contributed by atoms with E-state index in [-0.39, 0.29) is 11.8 Å². The predicted octanol–water partition coefficient (Wildman–Crippen LogP) is 2.79. The van der Waals surface area contributed by atoms with E-state index in [1.807, 2.05) is 13.8 Å². The van der Waals surface area contributed by atoms with Crippen molar-refractivity contribution >= 4 is 11.6 Å². The van der Waals surface area contributed by atoms with Gasteiger partial charge in [-0.05, 0) is 38.6 Å². The number of benzene rings is 1. The quantitative estimate of drug-likeness (QED) is 0.785. The monoisotopic (exact) mass is 272 g/mol. The summed E-state index contributed by atoms with van der Waals surface area (Å²) in [5.41, 5.74) is 3.81. The maximum absolute atomic E-state index is 12.6. The van der Waals surface area contributed by atoms with Crippen LogP contribution in [0.15, 0.2) is 18.2 Å². The average molecular weight is 272 g/mol. The molecule has 1 aromatic carbocycles. The first-order valence-corrected chi connectivity index (χ1v) is 7.61. The minimum Gasteiger partial charge on any atom is -0.308 e. The van der Waals surface area contributed by atoms with Gasteiger partial charge in [-0.2, -0.15) is 0 Å². The highest BCUT2D eigenvalue weighted by Gasteiger charge is 2.44. The van der Waals surface area contributed by atoms with Crippen LogP contribution in [-0.4, -0.2) is 37.0 Å². The standard InChI is InChI=1S/C17H24N2O/c1-11(2)17(20)19-15-6-5-12(3)9-13(15)14-10-18(4)8-7-16(14)19/h5-6,9,11,14,16H,7-8,10H2,1-4H3. The smallest absolute Gasteiger partial charge is 0.229 e. The molecule has 1 amide bonds. The summed E-state index contributed by atoms with van der Waals surface area (Å²) in [7, 11) is 2.18. The normalized spacial score (nSPS) is 25.8. The van der Waals surface area contributed by atoms with Crippen molar-refractivity contribution in [3.63, 3.8) is 0 Å². The number of nitrogens with zero attached hydrogens (tertiary/aromatic N) is 2. The Hall–Kier alpha value is -1.35. The summed E-state index contributed by atoms with van der Waals surface area (Å²) in [5.74, 6) is 0.807. The number of rotatable bonds is 1. The van der Waals surface area contributed by atoms with E-state index < -0.39 is 0 Å². The summed E-state index contributed by atoms with van der Waals surface area (Å²) < 4.78 is 0. The lowest BCUT2D eigenvalue weighted by molar-refractivity contribution is -0.122. The van der Waals surface area contributed by atoms with Gasteiger partial charge in [0.05, 0.1) is 0 Å². The summed E-state index contributed by atoms with van der Waals surface area (Å²) in [6.45, 7) is 8.27. The molecule has 1 aromatic rings. The van der Waals surface area contributed by atoms with Gasteiger partial charge >= 0.3 is 0 Å². The van der Waals surface area contributed by atoms with E-state index in [2.05, 4.69) is 42.0 Å². The van der Waals surface area contributed by atoms with E-state index in [0.29, 0.717) is 12.0 Å². The molecule has 2 aliphatic rings. The van der Waals surface area contributed by atoms with Gasteiger partial charge in [-0.1, -0.05) is 31.5 Å². The van der Waals surface area contributed by atoms with Crippen LogP contribution in [-0.2, 0) is 4.79 Å². The van der Waals surface area contributed by atoms with Gasteiger partial charge in [0, 0.05) is 30.1 Å². The van der Waals surface area contributed by atoms with E-state index >= 15 is 0 Å². The van der Waals surface area contributed by atoms with Crippen molar-refractivity contribution in [2.24, 2.45) is 5.92 Å². The zero-order valence-corrected chi connectivity index (χ0v) is 12.9. The van der Waals surface area contributed by atoms with Crippen molar-refractivity contribution in [1.82, 2.24) is 4.90 Å². The number of hydrogen-bond donors (Lipinski definition) is 0. The minimum atomic E-state index is 0.0579. The molecule has 108 valence electrons. The molecule has 2 atom stereocenters. The van der Waals surface area contributed by atoms with Crippen LogP contribution in [0.1, 0.15) is 37.3 Å². The molecule has 0 spiro atoms. The molecule has 1 saturated heterocycles. The lowest BCUT2D eigenvalue weighted by atomic mass is 9.88. The highest BCUT2D eigenvalue weighted by atomic mass is 16.2. The molecule has 0 aliphatic carbocycles. The number of carbonyl (C=O) groups is 1.